The monoisotopic (exact) mass is 357 g/mol. The van der Waals surface area contributed by atoms with Crippen LogP contribution in [0.1, 0.15) is 42.4 Å². The number of carbonyl (C=O) groups excluding carboxylic acids is 1. The molecule has 3 rings (SSSR count). The van der Waals surface area contributed by atoms with Crippen molar-refractivity contribution in [2.45, 2.75) is 46.3 Å². The SMILES string of the molecule is Cc1cccc(OCC(=O)NCCc2nn(C(C)C)c3c2COCC3)c1. The zero-order chi connectivity index (χ0) is 18.5. The fourth-order valence-corrected chi connectivity index (χ4v) is 3.18. The van der Waals surface area contributed by atoms with Gasteiger partial charge >= 0.3 is 0 Å². The number of hydrogen-bond acceptors (Lipinski definition) is 4. The third-order valence-electron chi connectivity index (χ3n) is 4.46. The van der Waals surface area contributed by atoms with Crippen molar-refractivity contribution >= 4 is 5.91 Å². The third-order valence-corrected chi connectivity index (χ3v) is 4.46. The highest BCUT2D eigenvalue weighted by atomic mass is 16.5. The first-order chi connectivity index (χ1) is 12.5. The molecule has 0 saturated heterocycles. The van der Waals surface area contributed by atoms with Crippen molar-refractivity contribution < 1.29 is 14.3 Å². The summed E-state index contributed by atoms with van der Waals surface area (Å²) in [5.74, 6) is 0.585. The number of aryl methyl sites for hydroxylation is 1. The molecule has 6 nitrogen and oxygen atoms in total. The first-order valence-corrected chi connectivity index (χ1v) is 9.17. The summed E-state index contributed by atoms with van der Waals surface area (Å²) in [7, 11) is 0. The standard InChI is InChI=1S/C20H27N3O3/c1-14(2)23-19-8-10-25-12-17(19)18(22-23)7-9-21-20(24)13-26-16-6-4-5-15(3)11-16/h4-6,11,14H,7-10,12-13H2,1-3H3,(H,21,24). The van der Waals surface area contributed by atoms with E-state index in [-0.39, 0.29) is 12.5 Å². The van der Waals surface area contributed by atoms with E-state index in [4.69, 9.17) is 14.6 Å². The van der Waals surface area contributed by atoms with Crippen molar-refractivity contribution in [2.24, 2.45) is 0 Å². The van der Waals surface area contributed by atoms with Crippen LogP contribution in [0.4, 0.5) is 0 Å². The highest BCUT2D eigenvalue weighted by Gasteiger charge is 2.22. The molecule has 0 saturated carbocycles. The van der Waals surface area contributed by atoms with E-state index >= 15 is 0 Å². The van der Waals surface area contributed by atoms with Crippen molar-refractivity contribution in [1.29, 1.82) is 0 Å². The van der Waals surface area contributed by atoms with Crippen LogP contribution in [0.3, 0.4) is 0 Å². The topological polar surface area (TPSA) is 65.4 Å². The molecule has 1 aromatic carbocycles. The lowest BCUT2D eigenvalue weighted by molar-refractivity contribution is -0.123. The zero-order valence-electron chi connectivity index (χ0n) is 15.7. The molecule has 0 aliphatic carbocycles. The van der Waals surface area contributed by atoms with Gasteiger partial charge in [-0.2, -0.15) is 5.10 Å². The van der Waals surface area contributed by atoms with E-state index in [1.54, 1.807) is 0 Å². The minimum atomic E-state index is -0.125. The quantitative estimate of drug-likeness (QED) is 0.827. The zero-order valence-corrected chi connectivity index (χ0v) is 15.7. The predicted molar refractivity (Wildman–Crippen MR) is 99.4 cm³/mol. The van der Waals surface area contributed by atoms with Crippen LogP contribution in [-0.4, -0.2) is 35.4 Å². The Morgan fingerprint density at radius 3 is 3.04 bits per heavy atom. The number of nitrogens with one attached hydrogen (secondary N) is 1. The van der Waals surface area contributed by atoms with Crippen LogP contribution in [-0.2, 0) is 29.0 Å². The van der Waals surface area contributed by atoms with Crippen molar-refractivity contribution in [3.63, 3.8) is 0 Å². The van der Waals surface area contributed by atoms with Gasteiger partial charge in [-0.3, -0.25) is 9.48 Å². The van der Waals surface area contributed by atoms with Gasteiger partial charge in [-0.15, -0.1) is 0 Å². The minimum absolute atomic E-state index is 0.0190. The Labute approximate surface area is 154 Å². The molecular weight excluding hydrogens is 330 g/mol. The number of amides is 1. The number of aromatic nitrogens is 2. The highest BCUT2D eigenvalue weighted by molar-refractivity contribution is 5.77. The van der Waals surface area contributed by atoms with Crippen LogP contribution in [0, 0.1) is 6.92 Å². The van der Waals surface area contributed by atoms with E-state index in [9.17, 15) is 4.79 Å². The van der Waals surface area contributed by atoms with Crippen LogP contribution in [0.5, 0.6) is 5.75 Å². The Morgan fingerprint density at radius 2 is 2.27 bits per heavy atom. The summed E-state index contributed by atoms with van der Waals surface area (Å²) in [6.45, 7) is 8.18. The van der Waals surface area contributed by atoms with Crippen molar-refractivity contribution in [2.75, 3.05) is 19.8 Å². The Bertz CT molecular complexity index is 768. The van der Waals surface area contributed by atoms with Crippen LogP contribution in [0.15, 0.2) is 24.3 Å². The minimum Gasteiger partial charge on any atom is -0.484 e. The fourth-order valence-electron chi connectivity index (χ4n) is 3.18. The summed E-state index contributed by atoms with van der Waals surface area (Å²) in [6.07, 6.45) is 1.60. The summed E-state index contributed by atoms with van der Waals surface area (Å²) < 4.78 is 13.2. The number of rotatable bonds is 7. The number of nitrogens with zero attached hydrogens (tertiary/aromatic N) is 2. The molecule has 1 amide bonds. The molecule has 1 aliphatic rings. The average molecular weight is 357 g/mol. The van der Waals surface area contributed by atoms with E-state index in [2.05, 4.69) is 23.8 Å². The lowest BCUT2D eigenvalue weighted by Crippen LogP contribution is -2.30. The van der Waals surface area contributed by atoms with Crippen LogP contribution in [0.25, 0.3) is 0 Å². The molecule has 0 fully saturated rings. The molecule has 26 heavy (non-hydrogen) atoms. The second kappa shape index (κ2) is 8.36. The molecule has 0 bridgehead atoms. The summed E-state index contributed by atoms with van der Waals surface area (Å²) in [5.41, 5.74) is 4.59. The maximum Gasteiger partial charge on any atom is 0.257 e. The van der Waals surface area contributed by atoms with Gasteiger partial charge in [0.05, 0.1) is 18.9 Å². The maximum atomic E-state index is 12.0. The Kier molecular flexibility index (Phi) is 5.93. The van der Waals surface area contributed by atoms with E-state index in [1.165, 1.54) is 11.3 Å². The normalized spacial score (nSPS) is 13.5. The van der Waals surface area contributed by atoms with Gasteiger partial charge in [-0.05, 0) is 38.5 Å². The van der Waals surface area contributed by atoms with Crippen molar-refractivity contribution in [3.8, 4) is 5.75 Å². The largest absolute Gasteiger partial charge is 0.484 e. The molecule has 6 heteroatoms. The first kappa shape index (κ1) is 18.5. The molecule has 140 valence electrons. The van der Waals surface area contributed by atoms with Gasteiger partial charge in [0.1, 0.15) is 5.75 Å². The number of benzene rings is 1. The van der Waals surface area contributed by atoms with Gasteiger partial charge < -0.3 is 14.8 Å². The van der Waals surface area contributed by atoms with Gasteiger partial charge in [0.25, 0.3) is 5.91 Å². The molecular formula is C20H27N3O3. The highest BCUT2D eigenvalue weighted by Crippen LogP contribution is 2.23. The summed E-state index contributed by atoms with van der Waals surface area (Å²) in [4.78, 5) is 12.0. The molecule has 0 radical (unpaired) electrons. The molecule has 2 heterocycles. The molecule has 0 unspecified atom stereocenters. The number of hydrogen-bond donors (Lipinski definition) is 1. The van der Waals surface area contributed by atoms with Gasteiger partial charge in [-0.25, -0.2) is 0 Å². The Balaban J connectivity index is 1.51. The van der Waals surface area contributed by atoms with Gasteiger partial charge in [0.2, 0.25) is 0 Å². The van der Waals surface area contributed by atoms with Crippen LogP contribution >= 0.6 is 0 Å². The maximum absolute atomic E-state index is 12.0. The molecule has 1 aromatic heterocycles. The molecule has 2 aromatic rings. The molecule has 1 aliphatic heterocycles. The molecule has 1 N–H and O–H groups in total. The second-order valence-corrected chi connectivity index (χ2v) is 6.92. The van der Waals surface area contributed by atoms with E-state index in [0.29, 0.717) is 31.4 Å². The summed E-state index contributed by atoms with van der Waals surface area (Å²) in [5, 5.41) is 7.65. The van der Waals surface area contributed by atoms with Crippen molar-refractivity contribution in [3.05, 3.63) is 46.8 Å². The number of fused-ring (bicyclic) bond motifs is 1. The van der Waals surface area contributed by atoms with Crippen LogP contribution < -0.4 is 10.1 Å². The van der Waals surface area contributed by atoms with E-state index in [0.717, 1.165) is 24.3 Å². The first-order valence-electron chi connectivity index (χ1n) is 9.17. The van der Waals surface area contributed by atoms with Gasteiger partial charge in [0, 0.05) is 36.7 Å². The smallest absolute Gasteiger partial charge is 0.257 e. The Morgan fingerprint density at radius 1 is 1.42 bits per heavy atom. The molecule has 0 spiro atoms. The van der Waals surface area contributed by atoms with E-state index in [1.807, 2.05) is 31.2 Å². The van der Waals surface area contributed by atoms with E-state index < -0.39 is 0 Å². The lowest BCUT2D eigenvalue weighted by atomic mass is 10.1. The van der Waals surface area contributed by atoms with Gasteiger partial charge in [0.15, 0.2) is 6.61 Å². The van der Waals surface area contributed by atoms with Gasteiger partial charge in [-0.1, -0.05) is 12.1 Å². The Hall–Kier alpha value is -2.34. The molecule has 0 atom stereocenters. The second-order valence-electron chi connectivity index (χ2n) is 6.92. The van der Waals surface area contributed by atoms with Crippen molar-refractivity contribution in [1.82, 2.24) is 15.1 Å². The predicted octanol–water partition coefficient (Wildman–Crippen LogP) is 2.58. The number of ether oxygens (including phenoxy) is 2. The summed E-state index contributed by atoms with van der Waals surface area (Å²) >= 11 is 0. The average Bonchev–Trinajstić information content (AvgIpc) is 2.99. The number of carbonyl (C=O) groups is 1. The lowest BCUT2D eigenvalue weighted by Gasteiger charge is -2.16. The third kappa shape index (κ3) is 4.43. The van der Waals surface area contributed by atoms with Crippen LogP contribution in [0.2, 0.25) is 0 Å². The summed E-state index contributed by atoms with van der Waals surface area (Å²) in [6, 6.07) is 8.00. The fraction of sp³-hybridized carbons (Fsp3) is 0.500.